The van der Waals surface area contributed by atoms with Crippen molar-refractivity contribution in [3.05, 3.63) is 77.0 Å². The molecule has 106 valence electrons. The fourth-order valence-corrected chi connectivity index (χ4v) is 2.43. The lowest BCUT2D eigenvalue weighted by Gasteiger charge is -2.00. The van der Waals surface area contributed by atoms with E-state index in [1.165, 1.54) is 5.39 Å². The van der Waals surface area contributed by atoms with E-state index in [0.29, 0.717) is 6.54 Å². The van der Waals surface area contributed by atoms with Gasteiger partial charge in [-0.15, -0.1) is 0 Å². The van der Waals surface area contributed by atoms with Crippen LogP contribution in [0.4, 0.5) is 0 Å². The van der Waals surface area contributed by atoms with E-state index in [1.54, 1.807) is 0 Å². The van der Waals surface area contributed by atoms with E-state index >= 15 is 0 Å². The van der Waals surface area contributed by atoms with Crippen molar-refractivity contribution < 1.29 is 26.3 Å². The van der Waals surface area contributed by atoms with Crippen LogP contribution < -0.4 is 21.5 Å². The molecule has 3 aromatic rings. The zero-order chi connectivity index (χ0) is 13.9. The van der Waals surface area contributed by atoms with Crippen molar-refractivity contribution in [2.24, 2.45) is 0 Å². The summed E-state index contributed by atoms with van der Waals surface area (Å²) >= 11 is 3.37. The van der Waals surface area contributed by atoms with E-state index in [9.17, 15) is 4.79 Å². The third-order valence-electron chi connectivity index (χ3n) is 3.24. The summed E-state index contributed by atoms with van der Waals surface area (Å²) in [6, 6.07) is 17.6. The molecular formula is C17H13Br2NO. The van der Waals surface area contributed by atoms with Gasteiger partial charge in [0.05, 0.1) is 0 Å². The molecule has 2 aromatic carbocycles. The van der Waals surface area contributed by atoms with E-state index < -0.39 is 0 Å². The predicted molar refractivity (Wildman–Crippen MR) is 82.6 cm³/mol. The molecule has 0 fully saturated rings. The van der Waals surface area contributed by atoms with Crippen LogP contribution >= 0.6 is 15.9 Å². The predicted octanol–water partition coefficient (Wildman–Crippen LogP) is 0.777. The van der Waals surface area contributed by atoms with E-state index in [2.05, 4.69) is 28.1 Å². The van der Waals surface area contributed by atoms with Gasteiger partial charge in [-0.25, -0.2) is 0 Å². The Morgan fingerprint density at radius 2 is 1.62 bits per heavy atom. The van der Waals surface area contributed by atoms with Gasteiger partial charge in [-0.3, -0.25) is 4.79 Å². The second-order valence-electron chi connectivity index (χ2n) is 4.68. The van der Waals surface area contributed by atoms with Crippen LogP contribution in [0.5, 0.6) is 0 Å². The lowest BCUT2D eigenvalue weighted by Crippen LogP contribution is -3.00. The molecule has 0 unspecified atom stereocenters. The minimum absolute atomic E-state index is 0. The molecule has 4 heteroatoms. The van der Waals surface area contributed by atoms with Gasteiger partial charge in [-0.2, -0.15) is 4.57 Å². The minimum Gasteiger partial charge on any atom is -1.00 e. The molecule has 0 aliphatic carbocycles. The van der Waals surface area contributed by atoms with E-state index in [-0.39, 0.29) is 22.8 Å². The number of hydrogen-bond acceptors (Lipinski definition) is 1. The molecule has 0 amide bonds. The summed E-state index contributed by atoms with van der Waals surface area (Å²) in [7, 11) is 0. The van der Waals surface area contributed by atoms with Gasteiger partial charge < -0.3 is 17.0 Å². The van der Waals surface area contributed by atoms with Crippen LogP contribution in [0, 0.1) is 0 Å². The molecule has 0 radical (unpaired) electrons. The molecule has 3 rings (SSSR count). The monoisotopic (exact) mass is 405 g/mol. The van der Waals surface area contributed by atoms with Gasteiger partial charge in [-0.1, -0.05) is 46.3 Å². The Kier molecular flexibility index (Phi) is 5.26. The SMILES string of the molecule is O=C(C[n+]1ccc2ccccc2c1)c1ccc(Br)cc1.[Br-]. The van der Waals surface area contributed by atoms with Crippen LogP contribution in [0.3, 0.4) is 0 Å². The topological polar surface area (TPSA) is 20.9 Å². The number of nitrogens with zero attached hydrogens (tertiary/aromatic N) is 1. The Bertz CT molecular complexity index is 769. The maximum absolute atomic E-state index is 12.2. The lowest BCUT2D eigenvalue weighted by molar-refractivity contribution is -0.681. The molecule has 0 saturated heterocycles. The fourth-order valence-electron chi connectivity index (χ4n) is 2.17. The summed E-state index contributed by atoms with van der Waals surface area (Å²) in [5.74, 6) is 0.109. The highest BCUT2D eigenvalue weighted by Gasteiger charge is 2.12. The van der Waals surface area contributed by atoms with E-state index in [0.717, 1.165) is 15.4 Å². The summed E-state index contributed by atoms with van der Waals surface area (Å²) < 4.78 is 2.90. The number of Topliss-reactive ketones (excluding diaryl/α,β-unsaturated/α-hetero) is 1. The van der Waals surface area contributed by atoms with Crippen molar-refractivity contribution >= 4 is 32.5 Å². The second kappa shape index (κ2) is 6.96. The normalized spacial score (nSPS) is 10.1. The highest BCUT2D eigenvalue weighted by atomic mass is 79.9. The zero-order valence-electron chi connectivity index (χ0n) is 11.2. The summed E-state index contributed by atoms with van der Waals surface area (Å²) in [5, 5.41) is 2.32. The number of halogens is 2. The van der Waals surface area contributed by atoms with Gasteiger partial charge in [0.1, 0.15) is 0 Å². The number of pyridine rings is 1. The van der Waals surface area contributed by atoms with E-state index in [4.69, 9.17) is 0 Å². The molecule has 0 atom stereocenters. The lowest BCUT2D eigenvalue weighted by atomic mass is 10.1. The number of ketones is 1. The van der Waals surface area contributed by atoms with Gasteiger partial charge in [0, 0.05) is 21.5 Å². The molecule has 0 saturated carbocycles. The standard InChI is InChI=1S/C17H13BrNO.BrH/c18-16-7-5-14(6-8-16)17(20)12-19-10-9-13-3-1-2-4-15(13)11-19;/h1-11H,12H2;1H/q+1;/p-1. The summed E-state index contributed by atoms with van der Waals surface area (Å²) in [4.78, 5) is 12.2. The highest BCUT2D eigenvalue weighted by Crippen LogP contribution is 2.12. The zero-order valence-corrected chi connectivity index (χ0v) is 14.3. The van der Waals surface area contributed by atoms with Gasteiger partial charge >= 0.3 is 0 Å². The largest absolute Gasteiger partial charge is 1.00 e. The van der Waals surface area contributed by atoms with Crippen LogP contribution in [-0.4, -0.2) is 5.78 Å². The van der Waals surface area contributed by atoms with Crippen LogP contribution in [0.25, 0.3) is 10.8 Å². The van der Waals surface area contributed by atoms with Crippen LogP contribution in [0.2, 0.25) is 0 Å². The molecule has 1 aromatic heterocycles. The Balaban J connectivity index is 0.00000161. The molecule has 21 heavy (non-hydrogen) atoms. The molecule has 2 nitrogen and oxygen atoms in total. The number of benzene rings is 2. The first-order valence-corrected chi connectivity index (χ1v) is 7.18. The quantitative estimate of drug-likeness (QED) is 0.465. The molecule has 0 aliphatic rings. The Morgan fingerprint density at radius 3 is 2.33 bits per heavy atom. The molecule has 0 aliphatic heterocycles. The van der Waals surface area contributed by atoms with Gasteiger partial charge in [0.2, 0.25) is 12.3 Å². The molecule has 1 heterocycles. The first kappa shape index (κ1) is 15.9. The number of aromatic nitrogens is 1. The van der Waals surface area contributed by atoms with Crippen molar-refractivity contribution in [3.63, 3.8) is 0 Å². The number of hydrogen-bond donors (Lipinski definition) is 0. The third-order valence-corrected chi connectivity index (χ3v) is 3.77. The summed E-state index contributed by atoms with van der Waals surface area (Å²) in [6.07, 6.45) is 3.95. The molecule has 0 N–H and O–H groups in total. The van der Waals surface area contributed by atoms with Crippen molar-refractivity contribution in [2.75, 3.05) is 0 Å². The highest BCUT2D eigenvalue weighted by molar-refractivity contribution is 9.10. The Hall–Kier alpha value is -1.52. The smallest absolute Gasteiger partial charge is 0.227 e. The maximum Gasteiger partial charge on any atom is 0.227 e. The summed E-state index contributed by atoms with van der Waals surface area (Å²) in [5.41, 5.74) is 0.730. The maximum atomic E-state index is 12.2. The second-order valence-corrected chi connectivity index (χ2v) is 5.59. The molecular weight excluding hydrogens is 394 g/mol. The number of rotatable bonds is 3. The average Bonchev–Trinajstić information content (AvgIpc) is 2.48. The minimum atomic E-state index is 0. The molecule has 0 bridgehead atoms. The van der Waals surface area contributed by atoms with E-state index in [1.807, 2.05) is 59.4 Å². The first-order valence-electron chi connectivity index (χ1n) is 6.39. The van der Waals surface area contributed by atoms with Crippen molar-refractivity contribution in [2.45, 2.75) is 6.54 Å². The summed E-state index contributed by atoms with van der Waals surface area (Å²) in [6.45, 7) is 0.354. The van der Waals surface area contributed by atoms with Crippen LogP contribution in [0.1, 0.15) is 10.4 Å². The fraction of sp³-hybridized carbons (Fsp3) is 0.0588. The van der Waals surface area contributed by atoms with Crippen LogP contribution in [0.15, 0.2) is 71.5 Å². The molecule has 0 spiro atoms. The Morgan fingerprint density at radius 1 is 0.952 bits per heavy atom. The van der Waals surface area contributed by atoms with Crippen molar-refractivity contribution in [1.29, 1.82) is 0 Å². The van der Waals surface area contributed by atoms with Crippen molar-refractivity contribution in [3.8, 4) is 0 Å². The van der Waals surface area contributed by atoms with Crippen LogP contribution in [-0.2, 0) is 6.54 Å². The third kappa shape index (κ3) is 3.77. The van der Waals surface area contributed by atoms with Gasteiger partial charge in [0.15, 0.2) is 12.4 Å². The van der Waals surface area contributed by atoms with Gasteiger partial charge in [-0.05, 0) is 23.6 Å². The number of fused-ring (bicyclic) bond motifs is 1. The number of carbonyl (C=O) groups excluding carboxylic acids is 1. The average molecular weight is 407 g/mol. The number of carbonyl (C=O) groups is 1. The van der Waals surface area contributed by atoms with Crippen molar-refractivity contribution in [1.82, 2.24) is 0 Å². The first-order chi connectivity index (χ1) is 9.72. The Labute approximate surface area is 142 Å². The van der Waals surface area contributed by atoms with Gasteiger partial charge in [0.25, 0.3) is 0 Å².